The summed E-state index contributed by atoms with van der Waals surface area (Å²) in [5, 5.41) is 0. The molecule has 0 saturated heterocycles. The van der Waals surface area contributed by atoms with Gasteiger partial charge in [0, 0.05) is 0 Å². The second-order valence-corrected chi connectivity index (χ2v) is 4.62. The molecule has 0 aromatic carbocycles. The van der Waals surface area contributed by atoms with E-state index in [1.54, 1.807) is 0 Å². The van der Waals surface area contributed by atoms with Crippen LogP contribution in [0, 0.1) is 0 Å². The SMILES string of the molecule is CC(C)N(C(C)C)[CH](C)[Ti].Cl.Cl. The molecule has 4 heteroatoms. The van der Waals surface area contributed by atoms with E-state index in [1.165, 1.54) is 0 Å². The second kappa shape index (κ2) is 8.84. The zero-order valence-corrected chi connectivity index (χ0v) is 11.7. The van der Waals surface area contributed by atoms with Crippen LogP contribution in [0.3, 0.4) is 0 Å². The summed E-state index contributed by atoms with van der Waals surface area (Å²) in [7, 11) is 0. The van der Waals surface area contributed by atoms with Crippen molar-refractivity contribution in [1.29, 1.82) is 0 Å². The Balaban J connectivity index is -0.000000405. The fourth-order valence-electron chi connectivity index (χ4n) is 1.49. The first kappa shape index (κ1) is 18.9. The van der Waals surface area contributed by atoms with Crippen molar-refractivity contribution < 1.29 is 20.4 Å². The van der Waals surface area contributed by atoms with E-state index in [9.17, 15) is 0 Å². The monoisotopic (exact) mass is 248 g/mol. The van der Waals surface area contributed by atoms with Crippen LogP contribution in [0.4, 0.5) is 0 Å². The van der Waals surface area contributed by atoms with Crippen LogP contribution in [0.15, 0.2) is 0 Å². The van der Waals surface area contributed by atoms with Gasteiger partial charge in [-0.1, -0.05) is 0 Å². The van der Waals surface area contributed by atoms with Gasteiger partial charge < -0.3 is 0 Å². The van der Waals surface area contributed by atoms with Gasteiger partial charge >= 0.3 is 76.4 Å². The van der Waals surface area contributed by atoms with Gasteiger partial charge in [0.15, 0.2) is 0 Å². The molecule has 12 heavy (non-hydrogen) atoms. The van der Waals surface area contributed by atoms with Gasteiger partial charge in [0.25, 0.3) is 0 Å². The smallest absolute Gasteiger partial charge is 0.147 e. The molecular formula is C8H20Cl2NTi. The van der Waals surface area contributed by atoms with Crippen molar-refractivity contribution in [3.8, 4) is 0 Å². The van der Waals surface area contributed by atoms with Crippen LogP contribution in [0.1, 0.15) is 34.6 Å². The molecule has 0 spiro atoms. The predicted octanol–water partition coefficient (Wildman–Crippen LogP) is 2.84. The molecule has 1 unspecified atom stereocenters. The average Bonchev–Trinajstić information content (AvgIpc) is 1.59. The van der Waals surface area contributed by atoms with E-state index >= 15 is 0 Å². The van der Waals surface area contributed by atoms with Crippen LogP contribution in [0.25, 0.3) is 0 Å². The summed E-state index contributed by atoms with van der Waals surface area (Å²) in [6.07, 6.45) is 0. The van der Waals surface area contributed by atoms with Crippen LogP contribution in [-0.4, -0.2) is 21.3 Å². The molecule has 75 valence electrons. The molecule has 0 bridgehead atoms. The molecule has 1 nitrogen and oxygen atoms in total. The fourth-order valence-corrected chi connectivity index (χ4v) is 2.42. The summed E-state index contributed by atoms with van der Waals surface area (Å²) in [6.45, 7) is 11.2. The third kappa shape index (κ3) is 6.74. The third-order valence-corrected chi connectivity index (χ3v) is 2.11. The van der Waals surface area contributed by atoms with E-state index in [1.807, 2.05) is 0 Å². The molecule has 0 fully saturated rings. The van der Waals surface area contributed by atoms with Gasteiger partial charge in [-0.3, -0.25) is 0 Å². The average molecular weight is 249 g/mol. The molecule has 1 atom stereocenters. The van der Waals surface area contributed by atoms with Crippen molar-refractivity contribution in [2.45, 2.75) is 51.0 Å². The molecule has 0 aliphatic heterocycles. The van der Waals surface area contributed by atoms with E-state index in [4.69, 9.17) is 0 Å². The second-order valence-electron chi connectivity index (χ2n) is 3.31. The minimum absolute atomic E-state index is 0. The normalized spacial score (nSPS) is 12.6. The molecule has 0 rings (SSSR count). The van der Waals surface area contributed by atoms with Crippen molar-refractivity contribution in [2.24, 2.45) is 0 Å². The summed E-state index contributed by atoms with van der Waals surface area (Å²) >= 11 is 2.25. The largest absolute Gasteiger partial charge is 0.147 e. The van der Waals surface area contributed by atoms with E-state index in [0.29, 0.717) is 16.4 Å². The first-order valence-electron chi connectivity index (χ1n) is 3.95. The van der Waals surface area contributed by atoms with E-state index < -0.39 is 0 Å². The molecular weight excluding hydrogens is 229 g/mol. The number of nitrogens with zero attached hydrogens (tertiary/aromatic N) is 1. The van der Waals surface area contributed by atoms with Crippen molar-refractivity contribution in [2.75, 3.05) is 0 Å². The van der Waals surface area contributed by atoms with Gasteiger partial charge in [-0.25, -0.2) is 0 Å². The maximum absolute atomic E-state index is 2.50. The minimum atomic E-state index is 0. The van der Waals surface area contributed by atoms with Crippen molar-refractivity contribution in [3.63, 3.8) is 0 Å². The predicted molar refractivity (Wildman–Crippen MR) is 56.1 cm³/mol. The Kier molecular flexibility index (Phi) is 13.9. The number of rotatable bonds is 3. The zero-order valence-electron chi connectivity index (χ0n) is 8.50. The molecule has 0 radical (unpaired) electrons. The van der Waals surface area contributed by atoms with E-state index in [0.717, 1.165) is 0 Å². The Labute approximate surface area is 101 Å². The summed E-state index contributed by atoms with van der Waals surface area (Å²) in [5.41, 5.74) is 0. The van der Waals surface area contributed by atoms with Crippen LogP contribution >= 0.6 is 24.8 Å². The Morgan fingerprint density at radius 1 is 0.833 bits per heavy atom. The van der Waals surface area contributed by atoms with Crippen LogP contribution in [0.2, 0.25) is 0 Å². The number of hydrogen-bond donors (Lipinski definition) is 0. The van der Waals surface area contributed by atoms with E-state index in [-0.39, 0.29) is 24.8 Å². The van der Waals surface area contributed by atoms with Gasteiger partial charge in [-0.05, 0) is 0 Å². The van der Waals surface area contributed by atoms with E-state index in [2.05, 4.69) is 60.0 Å². The number of hydrogen-bond acceptors (Lipinski definition) is 1. The molecule has 0 aromatic rings. The van der Waals surface area contributed by atoms with Crippen LogP contribution in [0.5, 0.6) is 0 Å². The Morgan fingerprint density at radius 2 is 1.08 bits per heavy atom. The van der Waals surface area contributed by atoms with Gasteiger partial charge in [-0.15, -0.1) is 24.8 Å². The molecule has 0 aliphatic carbocycles. The van der Waals surface area contributed by atoms with Crippen LogP contribution < -0.4 is 0 Å². The third-order valence-electron chi connectivity index (χ3n) is 1.64. The van der Waals surface area contributed by atoms with Crippen molar-refractivity contribution in [1.82, 2.24) is 4.90 Å². The zero-order chi connectivity index (χ0) is 8.31. The fraction of sp³-hybridized carbons (Fsp3) is 1.00. The summed E-state index contributed by atoms with van der Waals surface area (Å²) < 4.78 is 0.667. The summed E-state index contributed by atoms with van der Waals surface area (Å²) in [5.74, 6) is 0. The molecule has 0 heterocycles. The van der Waals surface area contributed by atoms with Crippen LogP contribution in [-0.2, 0) is 20.4 Å². The molecule has 0 amide bonds. The molecule has 0 N–H and O–H groups in total. The molecule has 0 aliphatic rings. The first-order chi connectivity index (χ1) is 4.46. The van der Waals surface area contributed by atoms with Gasteiger partial charge in [-0.2, -0.15) is 0 Å². The maximum Gasteiger partial charge on any atom is -0.147 e. The quantitative estimate of drug-likeness (QED) is 0.695. The van der Waals surface area contributed by atoms with Gasteiger partial charge in [0.05, 0.1) is 0 Å². The van der Waals surface area contributed by atoms with Gasteiger partial charge in [0.1, 0.15) is 0 Å². The minimum Gasteiger partial charge on any atom is -0.147 e. The maximum atomic E-state index is 2.50. The topological polar surface area (TPSA) is 3.24 Å². The van der Waals surface area contributed by atoms with Crippen molar-refractivity contribution in [3.05, 3.63) is 0 Å². The van der Waals surface area contributed by atoms with Gasteiger partial charge in [0.2, 0.25) is 0 Å². The summed E-state index contributed by atoms with van der Waals surface area (Å²) in [4.78, 5) is 2.50. The Hall–Kier alpha value is 1.25. The Bertz CT molecular complexity index is 78.0. The molecule has 0 aromatic heterocycles. The standard InChI is InChI=1S/C8H18N.2ClH.Ti/c1-6-9(7(2)3)8(4)5;;;/h6-8H,1-5H3;2*1H;. The first-order valence-corrected chi connectivity index (χ1v) is 4.85. The number of halogens is 2. The summed E-state index contributed by atoms with van der Waals surface area (Å²) in [6, 6.07) is 1.33. The molecule has 0 saturated carbocycles. The van der Waals surface area contributed by atoms with Crippen molar-refractivity contribution >= 4 is 24.8 Å². The Morgan fingerprint density at radius 3 is 1.08 bits per heavy atom.